The van der Waals surface area contributed by atoms with Gasteiger partial charge in [0.1, 0.15) is 5.56 Å². The smallest absolute Gasteiger partial charge is 0.263 e. The van der Waals surface area contributed by atoms with Crippen LogP contribution in [0, 0.1) is 6.92 Å². The lowest BCUT2D eigenvalue weighted by atomic mass is 9.80. The molecule has 2 aliphatic heterocycles. The highest BCUT2D eigenvalue weighted by Crippen LogP contribution is 2.43. The summed E-state index contributed by atoms with van der Waals surface area (Å²) in [5.41, 5.74) is 1.54. The third-order valence-electron chi connectivity index (χ3n) is 7.10. The number of carbonyl (C=O) groups excluding carboxylic acids is 1. The highest BCUT2D eigenvalue weighted by molar-refractivity contribution is 5.95. The number of rotatable bonds is 3. The minimum atomic E-state index is -0.422. The summed E-state index contributed by atoms with van der Waals surface area (Å²) < 4.78 is 8.27. The molecule has 31 heavy (non-hydrogen) atoms. The Morgan fingerprint density at radius 3 is 2.52 bits per heavy atom. The minimum Gasteiger partial charge on any atom is -0.393 e. The van der Waals surface area contributed by atoms with Gasteiger partial charge in [-0.05, 0) is 49.8 Å². The Bertz CT molecular complexity index is 1020. The van der Waals surface area contributed by atoms with Gasteiger partial charge in [-0.15, -0.1) is 0 Å². The molecule has 1 amide bonds. The fraction of sp³-hybridized carbons (Fsp3) is 0.520. The number of likely N-dealkylation sites (tertiary alicyclic amines) is 1. The van der Waals surface area contributed by atoms with Crippen molar-refractivity contribution in [2.24, 2.45) is 0 Å². The Kier molecular flexibility index (Phi) is 5.22. The second-order valence-electron chi connectivity index (χ2n) is 9.40. The van der Waals surface area contributed by atoms with Crippen molar-refractivity contribution in [2.45, 2.75) is 69.3 Å². The molecule has 1 spiro atoms. The predicted molar refractivity (Wildman–Crippen MR) is 117 cm³/mol. The zero-order chi connectivity index (χ0) is 21.6. The summed E-state index contributed by atoms with van der Waals surface area (Å²) in [6, 6.07) is 12.2. The molecule has 3 aliphatic rings. The molecule has 6 nitrogen and oxygen atoms in total. The van der Waals surface area contributed by atoms with E-state index in [2.05, 4.69) is 0 Å². The Labute approximate surface area is 182 Å². The maximum Gasteiger partial charge on any atom is 0.263 e. The summed E-state index contributed by atoms with van der Waals surface area (Å²) in [5.74, 6) is -0.177. The zero-order valence-corrected chi connectivity index (χ0v) is 18.0. The summed E-state index contributed by atoms with van der Waals surface area (Å²) in [6.07, 6.45) is 5.81. The number of pyridine rings is 1. The van der Waals surface area contributed by atoms with Gasteiger partial charge in [0.05, 0.1) is 17.8 Å². The number of hydrogen-bond donors (Lipinski definition) is 1. The van der Waals surface area contributed by atoms with Crippen molar-refractivity contribution >= 4 is 5.91 Å². The molecular formula is C25H30N2O4. The van der Waals surface area contributed by atoms with Crippen LogP contribution < -0.4 is 5.56 Å². The minimum absolute atomic E-state index is 0.130. The summed E-state index contributed by atoms with van der Waals surface area (Å²) >= 11 is 0. The van der Waals surface area contributed by atoms with Crippen molar-refractivity contribution in [3.8, 4) is 0 Å². The van der Waals surface area contributed by atoms with Crippen molar-refractivity contribution in [3.05, 3.63) is 69.6 Å². The highest BCUT2D eigenvalue weighted by Gasteiger charge is 2.44. The fourth-order valence-electron chi connectivity index (χ4n) is 5.17. The van der Waals surface area contributed by atoms with Gasteiger partial charge < -0.3 is 19.3 Å². The van der Waals surface area contributed by atoms with E-state index in [0.29, 0.717) is 44.3 Å². The van der Waals surface area contributed by atoms with Crippen LogP contribution in [0.4, 0.5) is 0 Å². The molecule has 6 heteroatoms. The SMILES string of the molecule is Cc1ccn(C2CC2)c(=O)c1C(=O)N1CCC2(CC1)C[C@@H](O)C[C@H](c1ccccc1)O2. The number of carbonyl (C=O) groups is 1. The highest BCUT2D eigenvalue weighted by atomic mass is 16.5. The number of ether oxygens (including phenoxy) is 1. The van der Waals surface area contributed by atoms with Crippen LogP contribution in [-0.2, 0) is 4.74 Å². The maximum atomic E-state index is 13.3. The number of aliphatic hydroxyl groups is 1. The molecule has 3 fully saturated rings. The summed E-state index contributed by atoms with van der Waals surface area (Å²) in [4.78, 5) is 28.0. The van der Waals surface area contributed by atoms with E-state index >= 15 is 0 Å². The average molecular weight is 423 g/mol. The van der Waals surface area contributed by atoms with Crippen LogP contribution in [0.25, 0.3) is 0 Å². The van der Waals surface area contributed by atoms with Crippen LogP contribution >= 0.6 is 0 Å². The van der Waals surface area contributed by atoms with Crippen molar-refractivity contribution in [1.82, 2.24) is 9.47 Å². The van der Waals surface area contributed by atoms with Crippen molar-refractivity contribution in [2.75, 3.05) is 13.1 Å². The van der Waals surface area contributed by atoms with E-state index in [1.54, 1.807) is 9.47 Å². The molecule has 1 N–H and O–H groups in total. The molecule has 0 unspecified atom stereocenters. The van der Waals surface area contributed by atoms with Crippen molar-refractivity contribution in [1.29, 1.82) is 0 Å². The zero-order valence-electron chi connectivity index (χ0n) is 18.0. The number of aromatic nitrogens is 1. The topological polar surface area (TPSA) is 71.8 Å². The lowest BCUT2D eigenvalue weighted by molar-refractivity contribution is -0.181. The van der Waals surface area contributed by atoms with Gasteiger partial charge in [-0.3, -0.25) is 9.59 Å². The number of amides is 1. The van der Waals surface area contributed by atoms with Crippen LogP contribution in [0.5, 0.6) is 0 Å². The number of piperidine rings is 1. The summed E-state index contributed by atoms with van der Waals surface area (Å²) in [5, 5.41) is 10.6. The van der Waals surface area contributed by atoms with Gasteiger partial charge in [0.2, 0.25) is 0 Å². The Morgan fingerprint density at radius 2 is 1.84 bits per heavy atom. The fourth-order valence-corrected chi connectivity index (χ4v) is 5.17. The van der Waals surface area contributed by atoms with E-state index in [-0.39, 0.29) is 23.6 Å². The monoisotopic (exact) mass is 422 g/mol. The number of aliphatic hydroxyl groups excluding tert-OH is 1. The van der Waals surface area contributed by atoms with E-state index in [1.165, 1.54) is 0 Å². The molecule has 0 bridgehead atoms. The number of nitrogens with zero attached hydrogens (tertiary/aromatic N) is 2. The molecule has 1 saturated carbocycles. The van der Waals surface area contributed by atoms with E-state index < -0.39 is 11.7 Å². The number of hydrogen-bond acceptors (Lipinski definition) is 4. The van der Waals surface area contributed by atoms with Gasteiger partial charge in [-0.25, -0.2) is 0 Å². The second kappa shape index (κ2) is 7.92. The third kappa shape index (κ3) is 3.94. The van der Waals surface area contributed by atoms with Gasteiger partial charge in [0, 0.05) is 38.2 Å². The molecule has 3 heterocycles. The van der Waals surface area contributed by atoms with E-state index in [4.69, 9.17) is 4.74 Å². The Hall–Kier alpha value is -2.44. The number of benzene rings is 1. The first-order valence-corrected chi connectivity index (χ1v) is 11.4. The third-order valence-corrected chi connectivity index (χ3v) is 7.10. The number of aryl methyl sites for hydroxylation is 1. The molecule has 2 atom stereocenters. The quantitative estimate of drug-likeness (QED) is 0.823. The Balaban J connectivity index is 1.32. The molecule has 164 valence electrons. The summed E-state index contributed by atoms with van der Waals surface area (Å²) in [6.45, 7) is 2.90. The van der Waals surface area contributed by atoms with Crippen LogP contribution in [0.1, 0.15) is 72.2 Å². The largest absolute Gasteiger partial charge is 0.393 e. The van der Waals surface area contributed by atoms with Gasteiger partial charge >= 0.3 is 0 Å². The first kappa shape index (κ1) is 20.5. The maximum absolute atomic E-state index is 13.3. The predicted octanol–water partition coefficient (Wildman–Crippen LogP) is 3.38. The molecule has 1 aliphatic carbocycles. The standard InChI is InChI=1S/C25H30N2O4/c1-17-9-12-27(19-7-8-19)24(30)22(17)23(29)26-13-10-25(11-14-26)16-20(28)15-21(31-25)18-5-3-2-4-6-18/h2-6,9,12,19-21,28H,7-8,10-11,13-16H2,1H3/t20-,21+/m0/s1. The van der Waals surface area contributed by atoms with E-state index in [0.717, 1.165) is 24.0 Å². The normalized spacial score (nSPS) is 25.5. The van der Waals surface area contributed by atoms with Gasteiger partial charge in [-0.1, -0.05) is 30.3 Å². The van der Waals surface area contributed by atoms with Crippen LogP contribution in [-0.4, -0.2) is 45.3 Å². The van der Waals surface area contributed by atoms with Gasteiger partial charge in [0.25, 0.3) is 11.5 Å². The van der Waals surface area contributed by atoms with Crippen LogP contribution in [0.15, 0.2) is 47.4 Å². The molecule has 1 aromatic heterocycles. The average Bonchev–Trinajstić information content (AvgIpc) is 3.59. The first-order valence-electron chi connectivity index (χ1n) is 11.4. The van der Waals surface area contributed by atoms with E-state index in [1.807, 2.05) is 49.5 Å². The lowest BCUT2D eigenvalue weighted by Crippen LogP contribution is -2.52. The molecule has 5 rings (SSSR count). The van der Waals surface area contributed by atoms with Crippen molar-refractivity contribution in [3.63, 3.8) is 0 Å². The molecular weight excluding hydrogens is 392 g/mol. The van der Waals surface area contributed by atoms with Gasteiger partial charge in [0.15, 0.2) is 0 Å². The lowest BCUT2D eigenvalue weighted by Gasteiger charge is -2.48. The van der Waals surface area contributed by atoms with Gasteiger partial charge in [-0.2, -0.15) is 0 Å². The van der Waals surface area contributed by atoms with E-state index in [9.17, 15) is 14.7 Å². The second-order valence-corrected chi connectivity index (χ2v) is 9.40. The van der Waals surface area contributed by atoms with Crippen LogP contribution in [0.2, 0.25) is 0 Å². The molecule has 2 saturated heterocycles. The van der Waals surface area contributed by atoms with Crippen molar-refractivity contribution < 1.29 is 14.6 Å². The Morgan fingerprint density at radius 1 is 1.13 bits per heavy atom. The molecule has 2 aromatic rings. The molecule has 1 aromatic carbocycles. The summed E-state index contributed by atoms with van der Waals surface area (Å²) in [7, 11) is 0. The molecule has 0 radical (unpaired) electrons. The first-order chi connectivity index (χ1) is 15.0. The van der Waals surface area contributed by atoms with Crippen LogP contribution in [0.3, 0.4) is 0 Å².